The van der Waals surface area contributed by atoms with E-state index in [4.69, 9.17) is 9.47 Å². The number of nitrogens with one attached hydrogen (secondary N) is 1. The third kappa shape index (κ3) is 5.36. The molecule has 9 heteroatoms. The van der Waals surface area contributed by atoms with Crippen LogP contribution in [-0.2, 0) is 16.6 Å². The lowest BCUT2D eigenvalue weighted by molar-refractivity contribution is 0.102. The molecule has 0 radical (unpaired) electrons. The molecule has 168 valence electrons. The topological polar surface area (TPSA) is 84.9 Å². The van der Waals surface area contributed by atoms with E-state index in [9.17, 15) is 17.6 Å². The number of hydrogen-bond donors (Lipinski definition) is 1. The summed E-state index contributed by atoms with van der Waals surface area (Å²) in [6.45, 7) is -0.00456. The minimum absolute atomic E-state index is 0.00456. The molecule has 0 heterocycles. The average Bonchev–Trinajstić information content (AvgIpc) is 2.76. The Bertz CT molecular complexity index is 1220. The molecule has 0 bridgehead atoms. The van der Waals surface area contributed by atoms with Crippen LogP contribution in [0, 0.1) is 5.82 Å². The van der Waals surface area contributed by atoms with Gasteiger partial charge in [-0.2, -0.15) is 0 Å². The molecule has 0 unspecified atom stereocenters. The van der Waals surface area contributed by atoms with Gasteiger partial charge in [-0.25, -0.2) is 12.8 Å². The fraction of sp³-hybridized carbons (Fsp3) is 0.174. The van der Waals surface area contributed by atoms with Crippen LogP contribution in [0.2, 0.25) is 0 Å². The van der Waals surface area contributed by atoms with E-state index in [0.29, 0.717) is 0 Å². The largest absolute Gasteiger partial charge is 0.493 e. The van der Waals surface area contributed by atoms with Crippen LogP contribution >= 0.6 is 0 Å². The first-order valence-electron chi connectivity index (χ1n) is 9.57. The van der Waals surface area contributed by atoms with E-state index in [1.807, 2.05) is 6.07 Å². The Morgan fingerprint density at radius 2 is 1.62 bits per heavy atom. The molecule has 0 aliphatic rings. The summed E-state index contributed by atoms with van der Waals surface area (Å²) in [5.41, 5.74) is 1.07. The van der Waals surface area contributed by atoms with Crippen molar-refractivity contribution in [3.05, 3.63) is 83.7 Å². The Labute approximate surface area is 186 Å². The second kappa shape index (κ2) is 9.69. The van der Waals surface area contributed by atoms with Gasteiger partial charge in [-0.05, 0) is 29.8 Å². The molecule has 0 saturated heterocycles. The Morgan fingerprint density at radius 1 is 0.969 bits per heavy atom. The smallest absolute Gasteiger partial charge is 0.257 e. The van der Waals surface area contributed by atoms with Gasteiger partial charge in [-0.1, -0.05) is 36.4 Å². The fourth-order valence-corrected chi connectivity index (χ4v) is 4.04. The lowest BCUT2D eigenvalue weighted by atomic mass is 10.1. The van der Waals surface area contributed by atoms with Crippen molar-refractivity contribution in [2.45, 2.75) is 6.54 Å². The lowest BCUT2D eigenvalue weighted by Gasteiger charge is -2.26. The van der Waals surface area contributed by atoms with Gasteiger partial charge in [-0.3, -0.25) is 9.10 Å². The molecular weight excluding hydrogens is 435 g/mol. The highest BCUT2D eigenvalue weighted by Crippen LogP contribution is 2.37. The van der Waals surface area contributed by atoms with Crippen molar-refractivity contribution in [2.24, 2.45) is 0 Å². The number of anilines is 2. The summed E-state index contributed by atoms with van der Waals surface area (Å²) < 4.78 is 50.8. The van der Waals surface area contributed by atoms with E-state index in [1.165, 1.54) is 44.6 Å². The Hall–Kier alpha value is -3.59. The predicted molar refractivity (Wildman–Crippen MR) is 121 cm³/mol. The summed E-state index contributed by atoms with van der Waals surface area (Å²) >= 11 is 0. The second-order valence-corrected chi connectivity index (χ2v) is 8.85. The average molecular weight is 459 g/mol. The van der Waals surface area contributed by atoms with Gasteiger partial charge < -0.3 is 14.8 Å². The monoisotopic (exact) mass is 458 g/mol. The molecule has 3 aromatic carbocycles. The quantitative estimate of drug-likeness (QED) is 0.550. The Balaban J connectivity index is 2.13. The number of methoxy groups -OCH3 is 2. The zero-order valence-corrected chi connectivity index (χ0v) is 18.6. The zero-order chi connectivity index (χ0) is 23.3. The summed E-state index contributed by atoms with van der Waals surface area (Å²) in [4.78, 5) is 13.1. The minimum atomic E-state index is -3.80. The molecule has 1 amide bonds. The van der Waals surface area contributed by atoms with E-state index in [2.05, 4.69) is 5.32 Å². The number of amides is 1. The first-order valence-corrected chi connectivity index (χ1v) is 11.4. The number of benzene rings is 3. The lowest BCUT2D eigenvalue weighted by Crippen LogP contribution is -2.31. The van der Waals surface area contributed by atoms with Crippen molar-refractivity contribution < 1.29 is 27.1 Å². The number of carbonyl (C=O) groups is 1. The number of hydrogen-bond acceptors (Lipinski definition) is 5. The molecule has 1 N–H and O–H groups in total. The van der Waals surface area contributed by atoms with E-state index in [0.717, 1.165) is 22.2 Å². The molecule has 0 aliphatic carbocycles. The summed E-state index contributed by atoms with van der Waals surface area (Å²) in [6.07, 6.45) is 1.06. The third-order valence-corrected chi connectivity index (χ3v) is 5.79. The SMILES string of the molecule is COc1cc(C(=O)Nc2cccc(F)c2)c(N(Cc2ccccc2)S(C)(=O)=O)cc1OC. The third-order valence-electron chi connectivity index (χ3n) is 4.67. The maximum Gasteiger partial charge on any atom is 0.257 e. The summed E-state index contributed by atoms with van der Waals surface area (Å²) in [6, 6.07) is 17.2. The van der Waals surface area contributed by atoms with E-state index in [-0.39, 0.29) is 35.0 Å². The molecule has 32 heavy (non-hydrogen) atoms. The molecule has 0 aromatic heterocycles. The Morgan fingerprint density at radius 3 is 2.22 bits per heavy atom. The molecule has 0 spiro atoms. The van der Waals surface area contributed by atoms with Crippen LogP contribution in [0.25, 0.3) is 0 Å². The van der Waals surface area contributed by atoms with Crippen LogP contribution < -0.4 is 19.1 Å². The van der Waals surface area contributed by atoms with Crippen LogP contribution in [0.3, 0.4) is 0 Å². The van der Waals surface area contributed by atoms with Gasteiger partial charge in [0.25, 0.3) is 5.91 Å². The summed E-state index contributed by atoms with van der Waals surface area (Å²) in [5.74, 6) is -0.647. The summed E-state index contributed by atoms with van der Waals surface area (Å²) in [7, 11) is -0.980. The highest BCUT2D eigenvalue weighted by molar-refractivity contribution is 7.92. The molecule has 3 rings (SSSR count). The van der Waals surface area contributed by atoms with Gasteiger partial charge in [0.05, 0.1) is 38.3 Å². The van der Waals surface area contributed by atoms with Crippen molar-refractivity contribution in [1.29, 1.82) is 0 Å². The summed E-state index contributed by atoms with van der Waals surface area (Å²) in [5, 5.41) is 2.60. The second-order valence-electron chi connectivity index (χ2n) is 6.94. The number of rotatable bonds is 8. The van der Waals surface area contributed by atoms with Crippen LogP contribution in [0.4, 0.5) is 15.8 Å². The molecule has 7 nitrogen and oxygen atoms in total. The Kier molecular flexibility index (Phi) is 6.99. The molecule has 0 saturated carbocycles. The minimum Gasteiger partial charge on any atom is -0.493 e. The maximum absolute atomic E-state index is 13.6. The number of nitrogens with zero attached hydrogens (tertiary/aromatic N) is 1. The normalized spacial score (nSPS) is 11.0. The van der Waals surface area contributed by atoms with E-state index >= 15 is 0 Å². The molecular formula is C23H23FN2O5S. The predicted octanol–water partition coefficient (Wildman–Crippen LogP) is 4.06. The van der Waals surface area contributed by atoms with Crippen LogP contribution in [0.15, 0.2) is 66.7 Å². The van der Waals surface area contributed by atoms with Crippen molar-refractivity contribution in [3.8, 4) is 11.5 Å². The van der Waals surface area contributed by atoms with Crippen LogP contribution in [-0.4, -0.2) is 34.8 Å². The zero-order valence-electron chi connectivity index (χ0n) is 17.8. The van der Waals surface area contributed by atoms with Gasteiger partial charge in [0, 0.05) is 11.8 Å². The van der Waals surface area contributed by atoms with Crippen LogP contribution in [0.1, 0.15) is 15.9 Å². The first-order chi connectivity index (χ1) is 15.2. The van der Waals surface area contributed by atoms with E-state index in [1.54, 1.807) is 24.3 Å². The van der Waals surface area contributed by atoms with Crippen LogP contribution in [0.5, 0.6) is 11.5 Å². The highest BCUT2D eigenvalue weighted by Gasteiger charge is 2.26. The molecule has 0 aliphatic heterocycles. The standard InChI is InChI=1S/C23H23FN2O5S/c1-30-21-13-19(23(27)25-18-11-7-10-17(24)12-18)20(14-22(21)31-2)26(32(3,28)29)15-16-8-5-4-6-9-16/h4-14H,15H2,1-3H3,(H,25,27). The van der Waals surface area contributed by atoms with Gasteiger partial charge >= 0.3 is 0 Å². The van der Waals surface area contributed by atoms with E-state index < -0.39 is 21.7 Å². The first kappa shape index (κ1) is 23.1. The van der Waals surface area contributed by atoms with Crippen molar-refractivity contribution in [2.75, 3.05) is 30.1 Å². The number of ether oxygens (including phenoxy) is 2. The van der Waals surface area contributed by atoms with Gasteiger partial charge in [0.15, 0.2) is 11.5 Å². The van der Waals surface area contributed by atoms with Gasteiger partial charge in [-0.15, -0.1) is 0 Å². The molecule has 3 aromatic rings. The van der Waals surface area contributed by atoms with Crippen molar-refractivity contribution in [3.63, 3.8) is 0 Å². The van der Waals surface area contributed by atoms with Crippen molar-refractivity contribution in [1.82, 2.24) is 0 Å². The number of sulfonamides is 1. The van der Waals surface area contributed by atoms with Crippen molar-refractivity contribution >= 4 is 27.3 Å². The fourth-order valence-electron chi connectivity index (χ4n) is 3.15. The highest BCUT2D eigenvalue weighted by atomic mass is 32.2. The number of halogens is 1. The number of carbonyl (C=O) groups excluding carboxylic acids is 1. The maximum atomic E-state index is 13.6. The molecule has 0 atom stereocenters. The van der Waals surface area contributed by atoms with Gasteiger partial charge in [0.2, 0.25) is 10.0 Å². The van der Waals surface area contributed by atoms with Gasteiger partial charge in [0.1, 0.15) is 5.82 Å². The molecule has 0 fully saturated rings.